The molecule has 3 rings (SSSR count). The van der Waals surface area contributed by atoms with E-state index in [1.807, 2.05) is 30.3 Å². The second kappa shape index (κ2) is 4.30. The van der Waals surface area contributed by atoms with Crippen molar-refractivity contribution < 1.29 is 9.59 Å². The molecule has 0 aliphatic carbocycles. The molecular weight excluding hydrogens is 250 g/mol. The number of nitrogens with zero attached hydrogens (tertiary/aromatic N) is 3. The fraction of sp³-hybridized carbons (Fsp3) is 0.167. The van der Waals surface area contributed by atoms with Crippen LogP contribution in [0.5, 0.6) is 0 Å². The molecule has 0 bridgehead atoms. The molecule has 0 saturated carbocycles. The van der Waals surface area contributed by atoms with Gasteiger partial charge in [0.25, 0.3) is 0 Å². The molecule has 0 N–H and O–H groups in total. The molecular formula is C12H9N3O2S. The van der Waals surface area contributed by atoms with Gasteiger partial charge >= 0.3 is 0 Å². The summed E-state index contributed by atoms with van der Waals surface area (Å²) in [7, 11) is 0. The SMILES string of the molecule is O=C1CC(=O)N(c2nc(-c3ccccc3)ns2)C1. The summed E-state index contributed by atoms with van der Waals surface area (Å²) in [6, 6.07) is 9.53. The smallest absolute Gasteiger partial charge is 0.236 e. The lowest BCUT2D eigenvalue weighted by atomic mass is 10.2. The second-order valence-corrected chi connectivity index (χ2v) is 4.69. The van der Waals surface area contributed by atoms with Gasteiger partial charge in [0.1, 0.15) is 0 Å². The summed E-state index contributed by atoms with van der Waals surface area (Å²) in [6.07, 6.45) is -0.0275. The number of Topliss-reactive ketones (excluding diaryl/α,β-unsaturated/α-hetero) is 1. The summed E-state index contributed by atoms with van der Waals surface area (Å²) >= 11 is 1.14. The monoisotopic (exact) mass is 259 g/mol. The van der Waals surface area contributed by atoms with Crippen LogP contribution in [-0.4, -0.2) is 27.6 Å². The second-order valence-electron chi connectivity index (χ2n) is 3.96. The quantitative estimate of drug-likeness (QED) is 0.767. The fourth-order valence-corrected chi connectivity index (χ4v) is 2.50. The highest BCUT2D eigenvalue weighted by Gasteiger charge is 2.30. The zero-order valence-electron chi connectivity index (χ0n) is 9.37. The van der Waals surface area contributed by atoms with Crippen LogP contribution in [0.1, 0.15) is 6.42 Å². The lowest BCUT2D eigenvalue weighted by molar-refractivity contribution is -0.121. The van der Waals surface area contributed by atoms with Crippen molar-refractivity contribution in [3.05, 3.63) is 30.3 Å². The molecule has 1 aliphatic rings. The van der Waals surface area contributed by atoms with E-state index in [1.54, 1.807) is 0 Å². The predicted molar refractivity (Wildman–Crippen MR) is 67.3 cm³/mol. The zero-order chi connectivity index (χ0) is 12.5. The van der Waals surface area contributed by atoms with Crippen LogP contribution in [-0.2, 0) is 9.59 Å². The van der Waals surface area contributed by atoms with Crippen molar-refractivity contribution in [2.75, 3.05) is 11.4 Å². The Hall–Kier alpha value is -2.08. The Kier molecular flexibility index (Phi) is 2.64. The largest absolute Gasteiger partial charge is 0.297 e. The van der Waals surface area contributed by atoms with Crippen LogP contribution < -0.4 is 4.90 Å². The lowest BCUT2D eigenvalue weighted by Gasteiger charge is -2.08. The van der Waals surface area contributed by atoms with Crippen LogP contribution in [0.15, 0.2) is 30.3 Å². The Morgan fingerprint density at radius 2 is 1.94 bits per heavy atom. The number of anilines is 1. The molecule has 1 saturated heterocycles. The van der Waals surface area contributed by atoms with Crippen molar-refractivity contribution in [1.29, 1.82) is 0 Å². The first-order chi connectivity index (χ1) is 8.74. The standard InChI is InChI=1S/C12H9N3O2S/c16-9-6-10(17)15(7-9)12-13-11(14-18-12)8-4-2-1-3-5-8/h1-5H,6-7H2. The van der Waals surface area contributed by atoms with Gasteiger partial charge in [-0.2, -0.15) is 9.36 Å². The van der Waals surface area contributed by atoms with Gasteiger partial charge < -0.3 is 0 Å². The van der Waals surface area contributed by atoms with E-state index in [2.05, 4.69) is 9.36 Å². The third-order valence-corrected chi connectivity index (χ3v) is 3.40. The van der Waals surface area contributed by atoms with Gasteiger partial charge in [0.2, 0.25) is 11.0 Å². The Labute approximate surface area is 107 Å². The van der Waals surface area contributed by atoms with Crippen LogP contribution in [0.3, 0.4) is 0 Å². The Bertz CT molecular complexity index is 609. The van der Waals surface area contributed by atoms with E-state index in [1.165, 1.54) is 4.90 Å². The Morgan fingerprint density at radius 1 is 1.17 bits per heavy atom. The molecule has 0 radical (unpaired) electrons. The number of carbonyl (C=O) groups is 2. The molecule has 5 nitrogen and oxygen atoms in total. The summed E-state index contributed by atoms with van der Waals surface area (Å²) in [5, 5.41) is 0.490. The van der Waals surface area contributed by atoms with Crippen molar-refractivity contribution in [3.8, 4) is 11.4 Å². The minimum atomic E-state index is -0.198. The summed E-state index contributed by atoms with van der Waals surface area (Å²) in [5.41, 5.74) is 0.901. The van der Waals surface area contributed by atoms with Gasteiger partial charge in [0.05, 0.1) is 13.0 Å². The van der Waals surface area contributed by atoms with E-state index in [9.17, 15) is 9.59 Å². The van der Waals surface area contributed by atoms with E-state index in [0.717, 1.165) is 17.1 Å². The van der Waals surface area contributed by atoms with Gasteiger partial charge in [0, 0.05) is 17.1 Å². The molecule has 0 atom stereocenters. The van der Waals surface area contributed by atoms with E-state index in [0.29, 0.717) is 11.0 Å². The van der Waals surface area contributed by atoms with Crippen LogP contribution in [0, 0.1) is 0 Å². The van der Waals surface area contributed by atoms with Gasteiger partial charge in [-0.25, -0.2) is 0 Å². The van der Waals surface area contributed by atoms with E-state index in [-0.39, 0.29) is 24.7 Å². The third-order valence-electron chi connectivity index (χ3n) is 2.66. The highest BCUT2D eigenvalue weighted by atomic mass is 32.1. The first-order valence-corrected chi connectivity index (χ1v) is 6.22. The summed E-state index contributed by atoms with van der Waals surface area (Å²) in [6.45, 7) is 0.113. The number of hydrogen-bond acceptors (Lipinski definition) is 5. The Morgan fingerprint density at radius 3 is 2.61 bits per heavy atom. The maximum absolute atomic E-state index is 11.6. The number of carbonyl (C=O) groups excluding carboxylic acids is 2. The third kappa shape index (κ3) is 1.91. The minimum absolute atomic E-state index is 0.0275. The maximum Gasteiger partial charge on any atom is 0.236 e. The van der Waals surface area contributed by atoms with Gasteiger partial charge in [-0.05, 0) is 0 Å². The van der Waals surface area contributed by atoms with Crippen LogP contribution in [0.25, 0.3) is 11.4 Å². The van der Waals surface area contributed by atoms with Gasteiger partial charge in [-0.15, -0.1) is 0 Å². The topological polar surface area (TPSA) is 63.2 Å². The molecule has 0 spiro atoms. The van der Waals surface area contributed by atoms with Crippen LogP contribution >= 0.6 is 11.5 Å². The summed E-state index contributed by atoms with van der Waals surface area (Å²) < 4.78 is 4.22. The summed E-state index contributed by atoms with van der Waals surface area (Å²) in [5.74, 6) is 0.315. The molecule has 1 fully saturated rings. The van der Waals surface area contributed by atoms with Crippen molar-refractivity contribution in [2.24, 2.45) is 0 Å². The van der Waals surface area contributed by atoms with Crippen molar-refractivity contribution >= 4 is 28.4 Å². The van der Waals surface area contributed by atoms with Gasteiger partial charge in [0.15, 0.2) is 11.6 Å². The minimum Gasteiger partial charge on any atom is -0.297 e. The van der Waals surface area contributed by atoms with Crippen molar-refractivity contribution in [2.45, 2.75) is 6.42 Å². The van der Waals surface area contributed by atoms with Crippen LogP contribution in [0.2, 0.25) is 0 Å². The molecule has 90 valence electrons. The molecule has 6 heteroatoms. The Balaban J connectivity index is 1.91. The maximum atomic E-state index is 11.6. The highest BCUT2D eigenvalue weighted by molar-refractivity contribution is 7.10. The molecule has 18 heavy (non-hydrogen) atoms. The molecule has 2 heterocycles. The molecule has 0 unspecified atom stereocenters. The van der Waals surface area contributed by atoms with E-state index >= 15 is 0 Å². The molecule has 1 aromatic carbocycles. The van der Waals surface area contributed by atoms with Crippen LogP contribution in [0.4, 0.5) is 5.13 Å². The number of ketones is 1. The number of rotatable bonds is 2. The summed E-state index contributed by atoms with van der Waals surface area (Å²) in [4.78, 5) is 28.5. The molecule has 2 aromatic rings. The lowest BCUT2D eigenvalue weighted by Crippen LogP contribution is -2.24. The number of hydrogen-bond donors (Lipinski definition) is 0. The number of aromatic nitrogens is 2. The van der Waals surface area contributed by atoms with Gasteiger partial charge in [-0.3, -0.25) is 14.5 Å². The van der Waals surface area contributed by atoms with Gasteiger partial charge in [-0.1, -0.05) is 30.3 Å². The highest BCUT2D eigenvalue weighted by Crippen LogP contribution is 2.26. The van der Waals surface area contributed by atoms with E-state index < -0.39 is 0 Å². The predicted octanol–water partition coefficient (Wildman–Crippen LogP) is 1.51. The van der Waals surface area contributed by atoms with Crippen molar-refractivity contribution in [1.82, 2.24) is 9.36 Å². The normalized spacial score (nSPS) is 15.4. The number of benzene rings is 1. The number of amides is 1. The fourth-order valence-electron chi connectivity index (χ4n) is 1.79. The van der Waals surface area contributed by atoms with E-state index in [4.69, 9.17) is 0 Å². The first kappa shape index (κ1) is 11.0. The first-order valence-electron chi connectivity index (χ1n) is 5.45. The molecule has 1 amide bonds. The average molecular weight is 259 g/mol. The molecule has 1 aliphatic heterocycles. The van der Waals surface area contributed by atoms with Crippen molar-refractivity contribution in [3.63, 3.8) is 0 Å². The average Bonchev–Trinajstić information content (AvgIpc) is 2.97. The molecule has 1 aromatic heterocycles. The zero-order valence-corrected chi connectivity index (χ0v) is 10.2.